The van der Waals surface area contributed by atoms with Gasteiger partial charge in [0, 0.05) is 17.8 Å². The van der Waals surface area contributed by atoms with Crippen molar-refractivity contribution in [2.75, 3.05) is 0 Å². The number of aromatic nitrogens is 2. The quantitative estimate of drug-likeness (QED) is 0.738. The molecule has 5 heteroatoms. The van der Waals surface area contributed by atoms with Crippen molar-refractivity contribution in [3.63, 3.8) is 0 Å². The van der Waals surface area contributed by atoms with Crippen molar-refractivity contribution in [2.24, 2.45) is 0 Å². The van der Waals surface area contributed by atoms with E-state index in [1.807, 2.05) is 0 Å². The van der Waals surface area contributed by atoms with Crippen molar-refractivity contribution in [2.45, 2.75) is 19.9 Å². The van der Waals surface area contributed by atoms with E-state index in [4.69, 9.17) is 5.11 Å². The SMILES string of the molecule is CCC(=CCn1ncccc1=O)C(=O)O. The molecular formula is C10H12N2O3. The third kappa shape index (κ3) is 3.05. The van der Waals surface area contributed by atoms with Crippen molar-refractivity contribution in [3.05, 3.63) is 40.3 Å². The first-order valence-corrected chi connectivity index (χ1v) is 4.59. The van der Waals surface area contributed by atoms with Crippen molar-refractivity contribution in [3.8, 4) is 0 Å². The molecule has 0 unspecified atom stereocenters. The fraction of sp³-hybridized carbons (Fsp3) is 0.300. The van der Waals surface area contributed by atoms with E-state index in [-0.39, 0.29) is 17.7 Å². The average Bonchev–Trinajstić information content (AvgIpc) is 2.21. The van der Waals surface area contributed by atoms with Crippen LogP contribution in [0.4, 0.5) is 0 Å². The van der Waals surface area contributed by atoms with Crippen LogP contribution in [0.25, 0.3) is 0 Å². The first-order valence-electron chi connectivity index (χ1n) is 4.59. The number of aliphatic carboxylic acids is 1. The molecule has 0 saturated carbocycles. The maximum Gasteiger partial charge on any atom is 0.331 e. The fourth-order valence-corrected chi connectivity index (χ4v) is 1.10. The summed E-state index contributed by atoms with van der Waals surface area (Å²) < 4.78 is 1.21. The van der Waals surface area contributed by atoms with Gasteiger partial charge in [0.05, 0.1) is 6.54 Å². The molecule has 0 aliphatic heterocycles. The van der Waals surface area contributed by atoms with Crippen molar-refractivity contribution in [1.29, 1.82) is 0 Å². The van der Waals surface area contributed by atoms with E-state index in [0.717, 1.165) is 0 Å². The molecule has 1 aromatic rings. The molecule has 0 bridgehead atoms. The highest BCUT2D eigenvalue weighted by molar-refractivity contribution is 5.86. The molecule has 0 aliphatic carbocycles. The Bertz CT molecular complexity index is 434. The molecule has 0 fully saturated rings. The number of hydrogen-bond donors (Lipinski definition) is 1. The summed E-state index contributed by atoms with van der Waals surface area (Å²) in [6.07, 6.45) is 3.41. The number of carboxylic acids is 1. The van der Waals surface area contributed by atoms with Gasteiger partial charge in [0.15, 0.2) is 0 Å². The van der Waals surface area contributed by atoms with Gasteiger partial charge in [0.25, 0.3) is 5.56 Å². The molecule has 80 valence electrons. The number of carboxylic acid groups (broad SMARTS) is 1. The van der Waals surface area contributed by atoms with Gasteiger partial charge in [-0.25, -0.2) is 9.48 Å². The van der Waals surface area contributed by atoms with Gasteiger partial charge in [-0.2, -0.15) is 5.10 Å². The molecule has 0 saturated heterocycles. The number of nitrogens with zero attached hydrogens (tertiary/aromatic N) is 2. The molecule has 0 amide bonds. The lowest BCUT2D eigenvalue weighted by molar-refractivity contribution is -0.132. The van der Waals surface area contributed by atoms with Crippen LogP contribution in [0.5, 0.6) is 0 Å². The number of allylic oxidation sites excluding steroid dienone is 1. The molecule has 0 aliphatic rings. The largest absolute Gasteiger partial charge is 0.478 e. The molecule has 1 N–H and O–H groups in total. The summed E-state index contributed by atoms with van der Waals surface area (Å²) in [5, 5.41) is 12.6. The minimum atomic E-state index is -0.957. The molecule has 1 heterocycles. The normalized spacial score (nSPS) is 11.4. The maximum absolute atomic E-state index is 11.2. The van der Waals surface area contributed by atoms with Crippen LogP contribution in [0.1, 0.15) is 13.3 Å². The first-order chi connectivity index (χ1) is 7.15. The van der Waals surface area contributed by atoms with Crippen LogP contribution in [-0.4, -0.2) is 20.9 Å². The zero-order chi connectivity index (χ0) is 11.3. The molecule has 1 rings (SSSR count). The smallest absolute Gasteiger partial charge is 0.331 e. The third-order valence-corrected chi connectivity index (χ3v) is 1.95. The Labute approximate surface area is 86.7 Å². The standard InChI is InChI=1S/C10H12N2O3/c1-2-8(10(14)15)5-7-12-9(13)4-3-6-11-12/h3-6H,2,7H2,1H3,(H,14,15). The Kier molecular flexibility index (Phi) is 3.79. The predicted molar refractivity (Wildman–Crippen MR) is 54.5 cm³/mol. The van der Waals surface area contributed by atoms with E-state index in [1.165, 1.54) is 23.0 Å². The van der Waals surface area contributed by atoms with E-state index in [0.29, 0.717) is 6.42 Å². The second kappa shape index (κ2) is 5.09. The van der Waals surface area contributed by atoms with E-state index in [2.05, 4.69) is 5.10 Å². The van der Waals surface area contributed by atoms with E-state index >= 15 is 0 Å². The van der Waals surface area contributed by atoms with Crippen LogP contribution < -0.4 is 5.56 Å². The molecule has 5 nitrogen and oxygen atoms in total. The first kappa shape index (κ1) is 11.2. The van der Waals surface area contributed by atoms with Crippen LogP contribution in [0.15, 0.2) is 34.8 Å². The van der Waals surface area contributed by atoms with Crippen molar-refractivity contribution >= 4 is 5.97 Å². The lowest BCUT2D eigenvalue weighted by Gasteiger charge is -2.00. The van der Waals surface area contributed by atoms with E-state index < -0.39 is 5.97 Å². The molecule has 15 heavy (non-hydrogen) atoms. The van der Waals surface area contributed by atoms with Gasteiger partial charge < -0.3 is 5.11 Å². The van der Waals surface area contributed by atoms with Gasteiger partial charge in [0.2, 0.25) is 0 Å². The van der Waals surface area contributed by atoms with Gasteiger partial charge in [-0.15, -0.1) is 0 Å². The summed E-state index contributed by atoms with van der Waals surface area (Å²) in [5.41, 5.74) is 0.0437. The zero-order valence-electron chi connectivity index (χ0n) is 8.38. The average molecular weight is 208 g/mol. The van der Waals surface area contributed by atoms with Crippen LogP contribution in [0, 0.1) is 0 Å². The summed E-state index contributed by atoms with van der Waals surface area (Å²) in [6, 6.07) is 2.92. The molecule has 0 spiro atoms. The zero-order valence-corrected chi connectivity index (χ0v) is 8.38. The molecule has 0 radical (unpaired) electrons. The summed E-state index contributed by atoms with van der Waals surface area (Å²) in [6.45, 7) is 1.94. The van der Waals surface area contributed by atoms with Crippen molar-refractivity contribution < 1.29 is 9.90 Å². The highest BCUT2D eigenvalue weighted by Gasteiger charge is 2.03. The Morgan fingerprint density at radius 1 is 1.67 bits per heavy atom. The highest BCUT2D eigenvalue weighted by atomic mass is 16.4. The predicted octanol–water partition coefficient (Wildman–Crippen LogP) is 0.664. The number of hydrogen-bond acceptors (Lipinski definition) is 3. The Hall–Kier alpha value is -1.91. The second-order valence-electron chi connectivity index (χ2n) is 2.93. The number of carbonyl (C=O) groups is 1. The summed E-state index contributed by atoms with van der Waals surface area (Å²) >= 11 is 0. The van der Waals surface area contributed by atoms with Crippen LogP contribution in [0.3, 0.4) is 0 Å². The monoisotopic (exact) mass is 208 g/mol. The Morgan fingerprint density at radius 2 is 2.40 bits per heavy atom. The van der Waals surface area contributed by atoms with Crippen molar-refractivity contribution in [1.82, 2.24) is 9.78 Å². The molecular weight excluding hydrogens is 196 g/mol. The summed E-state index contributed by atoms with van der Waals surface area (Å²) in [5.74, 6) is -0.957. The van der Waals surface area contributed by atoms with Gasteiger partial charge in [-0.05, 0) is 12.5 Å². The van der Waals surface area contributed by atoms with Gasteiger partial charge >= 0.3 is 5.97 Å². The second-order valence-corrected chi connectivity index (χ2v) is 2.93. The summed E-state index contributed by atoms with van der Waals surface area (Å²) in [7, 11) is 0. The minimum absolute atomic E-state index is 0.190. The van der Waals surface area contributed by atoms with Gasteiger partial charge in [0.1, 0.15) is 0 Å². The number of rotatable bonds is 4. The maximum atomic E-state index is 11.2. The topological polar surface area (TPSA) is 72.2 Å². The highest BCUT2D eigenvalue weighted by Crippen LogP contribution is 2.00. The van der Waals surface area contributed by atoms with Gasteiger partial charge in [-0.1, -0.05) is 13.0 Å². The lowest BCUT2D eigenvalue weighted by atomic mass is 10.2. The van der Waals surface area contributed by atoms with Crippen LogP contribution in [0.2, 0.25) is 0 Å². The fourth-order valence-electron chi connectivity index (χ4n) is 1.10. The van der Waals surface area contributed by atoms with E-state index in [1.54, 1.807) is 13.0 Å². The van der Waals surface area contributed by atoms with Crippen LogP contribution >= 0.6 is 0 Å². The Balaban J connectivity index is 2.84. The van der Waals surface area contributed by atoms with Gasteiger partial charge in [-0.3, -0.25) is 4.79 Å². The van der Waals surface area contributed by atoms with Crippen LogP contribution in [-0.2, 0) is 11.3 Å². The summed E-state index contributed by atoms with van der Waals surface area (Å²) in [4.78, 5) is 21.9. The molecule has 0 atom stereocenters. The molecule has 0 aromatic carbocycles. The third-order valence-electron chi connectivity index (χ3n) is 1.95. The lowest BCUT2D eigenvalue weighted by Crippen LogP contribution is -2.20. The van der Waals surface area contributed by atoms with E-state index in [9.17, 15) is 9.59 Å². The molecule has 1 aromatic heterocycles. The minimum Gasteiger partial charge on any atom is -0.478 e. The Morgan fingerprint density at radius 3 is 2.93 bits per heavy atom.